The van der Waals surface area contributed by atoms with E-state index in [1.165, 1.54) is 5.56 Å². The summed E-state index contributed by atoms with van der Waals surface area (Å²) in [5, 5.41) is 2.47. The van der Waals surface area contributed by atoms with E-state index in [1.54, 1.807) is 11.9 Å². The van der Waals surface area contributed by atoms with Crippen LogP contribution < -0.4 is 5.32 Å². The number of amides is 2. The number of esters is 1. The number of halogens is 2. The molecule has 0 radical (unpaired) electrons. The summed E-state index contributed by atoms with van der Waals surface area (Å²) in [5.74, 6) is -3.25. The molecule has 8 heteroatoms. The Morgan fingerprint density at radius 2 is 1.94 bits per heavy atom. The molecule has 2 aromatic carbocycles. The van der Waals surface area contributed by atoms with Gasteiger partial charge in [0.15, 0.2) is 6.61 Å². The van der Waals surface area contributed by atoms with Gasteiger partial charge in [-0.3, -0.25) is 14.4 Å². The minimum absolute atomic E-state index is 0.00453. The molecule has 0 saturated heterocycles. The fourth-order valence-electron chi connectivity index (χ4n) is 3.82. The largest absolute Gasteiger partial charge is 0.456 e. The highest BCUT2D eigenvalue weighted by atomic mass is 19.1. The number of ether oxygens (including phenoxy) is 1. The summed E-state index contributed by atoms with van der Waals surface area (Å²) in [7, 11) is 1.72. The Balaban J connectivity index is 1.38. The number of aryl methyl sites for hydroxylation is 1. The number of likely N-dealkylation sites (N-methyl/N-ethyl adjacent to an activating group) is 1. The van der Waals surface area contributed by atoms with Crippen molar-refractivity contribution in [3.63, 3.8) is 0 Å². The average molecular weight is 444 g/mol. The maximum Gasteiger partial charge on any atom is 0.306 e. The summed E-state index contributed by atoms with van der Waals surface area (Å²) in [6.07, 6.45) is 3.10. The summed E-state index contributed by atoms with van der Waals surface area (Å²) < 4.78 is 31.6. The predicted molar refractivity (Wildman–Crippen MR) is 114 cm³/mol. The topological polar surface area (TPSA) is 75.7 Å². The molecule has 2 aromatic rings. The predicted octanol–water partition coefficient (Wildman–Crippen LogP) is 3.55. The molecule has 6 nitrogen and oxygen atoms in total. The zero-order valence-electron chi connectivity index (χ0n) is 17.9. The Morgan fingerprint density at radius 3 is 2.72 bits per heavy atom. The number of carbonyl (C=O) groups is 3. The Bertz CT molecular complexity index is 996. The summed E-state index contributed by atoms with van der Waals surface area (Å²) in [5.41, 5.74) is 2.10. The number of carbonyl (C=O) groups excluding carboxylic acids is 3. The lowest BCUT2D eigenvalue weighted by molar-refractivity contribution is -0.152. The molecule has 1 atom stereocenters. The first-order chi connectivity index (χ1) is 15.4. The number of fused-ring (bicyclic) bond motifs is 1. The lowest BCUT2D eigenvalue weighted by atomic mass is 9.87. The van der Waals surface area contributed by atoms with Crippen molar-refractivity contribution in [2.75, 3.05) is 20.2 Å². The SMILES string of the molecule is CN(C(=O)COC(=O)CCCNC(=O)c1ccc(F)cc1F)C1CCCc2ccccc21. The third-order valence-electron chi connectivity index (χ3n) is 5.57. The zero-order valence-corrected chi connectivity index (χ0v) is 17.9. The van der Waals surface area contributed by atoms with E-state index in [2.05, 4.69) is 11.4 Å². The van der Waals surface area contributed by atoms with E-state index in [0.29, 0.717) is 6.07 Å². The van der Waals surface area contributed by atoms with Crippen LogP contribution in [0.25, 0.3) is 0 Å². The molecule has 0 aromatic heterocycles. The van der Waals surface area contributed by atoms with Crippen molar-refractivity contribution < 1.29 is 27.9 Å². The Labute approximate surface area is 185 Å². The molecule has 0 fully saturated rings. The first-order valence-electron chi connectivity index (χ1n) is 10.6. The number of benzene rings is 2. The van der Waals surface area contributed by atoms with Crippen molar-refractivity contribution in [2.24, 2.45) is 0 Å². The van der Waals surface area contributed by atoms with Crippen molar-refractivity contribution in [1.29, 1.82) is 0 Å². The molecule has 0 bridgehead atoms. The highest BCUT2D eigenvalue weighted by Crippen LogP contribution is 2.33. The van der Waals surface area contributed by atoms with Gasteiger partial charge in [-0.15, -0.1) is 0 Å². The van der Waals surface area contributed by atoms with Gasteiger partial charge in [-0.2, -0.15) is 0 Å². The van der Waals surface area contributed by atoms with Gasteiger partial charge in [0.25, 0.3) is 11.8 Å². The van der Waals surface area contributed by atoms with Crippen LogP contribution in [-0.4, -0.2) is 42.9 Å². The quantitative estimate of drug-likeness (QED) is 0.499. The number of hydrogen-bond donors (Lipinski definition) is 1. The maximum absolute atomic E-state index is 13.6. The van der Waals surface area contributed by atoms with Crippen LogP contribution in [0.4, 0.5) is 8.78 Å². The molecule has 0 spiro atoms. The van der Waals surface area contributed by atoms with E-state index < -0.39 is 23.5 Å². The minimum Gasteiger partial charge on any atom is -0.456 e. The number of nitrogens with zero attached hydrogens (tertiary/aromatic N) is 1. The normalized spacial score (nSPS) is 14.9. The van der Waals surface area contributed by atoms with Crippen molar-refractivity contribution in [3.8, 4) is 0 Å². The van der Waals surface area contributed by atoms with Gasteiger partial charge in [0.2, 0.25) is 0 Å². The Kier molecular flexibility index (Phi) is 7.92. The van der Waals surface area contributed by atoms with Gasteiger partial charge in [0.1, 0.15) is 11.6 Å². The first-order valence-corrected chi connectivity index (χ1v) is 10.6. The van der Waals surface area contributed by atoms with Crippen LogP contribution in [0.3, 0.4) is 0 Å². The number of rotatable bonds is 8. The second-order valence-corrected chi connectivity index (χ2v) is 7.76. The fraction of sp³-hybridized carbons (Fsp3) is 0.375. The fourth-order valence-corrected chi connectivity index (χ4v) is 3.82. The average Bonchev–Trinajstić information content (AvgIpc) is 2.79. The van der Waals surface area contributed by atoms with Gasteiger partial charge in [-0.1, -0.05) is 24.3 Å². The first kappa shape index (κ1) is 23.4. The van der Waals surface area contributed by atoms with Crippen LogP contribution in [-0.2, 0) is 20.7 Å². The molecule has 1 aliphatic rings. The van der Waals surface area contributed by atoms with Crippen LogP contribution in [0.2, 0.25) is 0 Å². The molecular formula is C24H26F2N2O4. The number of hydrogen-bond acceptors (Lipinski definition) is 4. The van der Waals surface area contributed by atoms with Crippen molar-refractivity contribution >= 4 is 17.8 Å². The smallest absolute Gasteiger partial charge is 0.306 e. The maximum atomic E-state index is 13.6. The van der Waals surface area contributed by atoms with Crippen molar-refractivity contribution in [3.05, 3.63) is 70.8 Å². The summed E-state index contributed by atoms with van der Waals surface area (Å²) >= 11 is 0. The monoisotopic (exact) mass is 444 g/mol. The molecule has 1 unspecified atom stereocenters. The van der Waals surface area contributed by atoms with Gasteiger partial charge in [0.05, 0.1) is 11.6 Å². The van der Waals surface area contributed by atoms with E-state index in [1.807, 2.05) is 18.2 Å². The van der Waals surface area contributed by atoms with E-state index >= 15 is 0 Å². The lowest BCUT2D eigenvalue weighted by Crippen LogP contribution is -2.36. The van der Waals surface area contributed by atoms with E-state index in [9.17, 15) is 23.2 Å². The Hall–Kier alpha value is -3.29. The summed E-state index contributed by atoms with van der Waals surface area (Å²) in [6.45, 7) is -0.237. The second-order valence-electron chi connectivity index (χ2n) is 7.76. The van der Waals surface area contributed by atoms with E-state index in [4.69, 9.17) is 4.74 Å². The van der Waals surface area contributed by atoms with Gasteiger partial charge in [-0.05, 0) is 48.9 Å². The van der Waals surface area contributed by atoms with Gasteiger partial charge >= 0.3 is 5.97 Å². The third kappa shape index (κ3) is 5.90. The van der Waals surface area contributed by atoms with Gasteiger partial charge in [0, 0.05) is 26.1 Å². The molecule has 2 amide bonds. The lowest BCUT2D eigenvalue weighted by Gasteiger charge is -2.33. The number of nitrogens with one attached hydrogen (secondary N) is 1. The van der Waals surface area contributed by atoms with E-state index in [0.717, 1.165) is 37.0 Å². The molecule has 32 heavy (non-hydrogen) atoms. The molecule has 0 saturated carbocycles. The molecular weight excluding hydrogens is 418 g/mol. The van der Waals surface area contributed by atoms with Crippen LogP contribution >= 0.6 is 0 Å². The van der Waals surface area contributed by atoms with Gasteiger partial charge < -0.3 is 15.0 Å². The van der Waals surface area contributed by atoms with Crippen LogP contribution in [0.15, 0.2) is 42.5 Å². The molecule has 0 heterocycles. The molecule has 0 aliphatic heterocycles. The highest BCUT2D eigenvalue weighted by molar-refractivity contribution is 5.94. The third-order valence-corrected chi connectivity index (χ3v) is 5.57. The van der Waals surface area contributed by atoms with Gasteiger partial charge in [-0.25, -0.2) is 8.78 Å². The minimum atomic E-state index is -0.954. The Morgan fingerprint density at radius 1 is 1.16 bits per heavy atom. The standard InChI is InChI=1S/C24H26F2N2O4/c1-28(21-9-4-7-16-6-2-3-8-18(16)21)22(29)15-32-23(30)10-5-13-27-24(31)19-12-11-17(25)14-20(19)26/h2-3,6,8,11-12,14,21H,4-5,7,9-10,13,15H2,1H3,(H,27,31). The summed E-state index contributed by atoms with van der Waals surface area (Å²) in [6, 6.07) is 10.7. The zero-order chi connectivity index (χ0) is 23.1. The van der Waals surface area contributed by atoms with E-state index in [-0.39, 0.29) is 43.5 Å². The summed E-state index contributed by atoms with van der Waals surface area (Å²) in [4.78, 5) is 38.0. The van der Waals surface area contributed by atoms with Crippen LogP contribution in [0.5, 0.6) is 0 Å². The van der Waals surface area contributed by atoms with Crippen molar-refractivity contribution in [1.82, 2.24) is 10.2 Å². The molecule has 1 aliphatic carbocycles. The molecule has 1 N–H and O–H groups in total. The van der Waals surface area contributed by atoms with Crippen LogP contribution in [0, 0.1) is 11.6 Å². The van der Waals surface area contributed by atoms with Crippen LogP contribution in [0.1, 0.15) is 53.2 Å². The molecule has 170 valence electrons. The van der Waals surface area contributed by atoms with Crippen molar-refractivity contribution in [2.45, 2.75) is 38.1 Å². The second kappa shape index (κ2) is 10.8. The highest BCUT2D eigenvalue weighted by Gasteiger charge is 2.26. The molecule has 3 rings (SSSR count).